The van der Waals surface area contributed by atoms with Crippen LogP contribution in [0.3, 0.4) is 0 Å². The maximum atomic E-state index is 11.1. The number of carboxylic acids is 1. The number of aromatic carboxylic acids is 1. The highest BCUT2D eigenvalue weighted by Crippen LogP contribution is 2.25. The maximum Gasteiger partial charge on any atom is 0.335 e. The first-order chi connectivity index (χ1) is 15.1. The standard InChI is InChI=1S/C24H18ClN3O3/c25-20-9-5-4-8-18(20)15-31-22-14-21(16-6-2-1-3-7-16)27-24(28-22)26-19-12-10-17(11-13-19)23(29)30/h1-14H,15H2,(H,29,30)(H,26,27,28). The van der Waals surface area contributed by atoms with Crippen molar-refractivity contribution in [1.82, 2.24) is 9.97 Å². The maximum absolute atomic E-state index is 11.1. The third-order valence-electron chi connectivity index (χ3n) is 4.49. The van der Waals surface area contributed by atoms with Gasteiger partial charge in [0.2, 0.25) is 11.8 Å². The number of carbonyl (C=O) groups is 1. The van der Waals surface area contributed by atoms with Gasteiger partial charge in [0.1, 0.15) is 6.61 Å². The largest absolute Gasteiger partial charge is 0.478 e. The van der Waals surface area contributed by atoms with Gasteiger partial charge in [0.05, 0.1) is 11.3 Å². The van der Waals surface area contributed by atoms with E-state index in [-0.39, 0.29) is 12.2 Å². The molecule has 6 nitrogen and oxygen atoms in total. The summed E-state index contributed by atoms with van der Waals surface area (Å²) in [6, 6.07) is 25.3. The third kappa shape index (κ3) is 5.18. The third-order valence-corrected chi connectivity index (χ3v) is 4.86. The summed E-state index contributed by atoms with van der Waals surface area (Å²) in [5.74, 6) is -0.263. The van der Waals surface area contributed by atoms with Gasteiger partial charge in [-0.25, -0.2) is 9.78 Å². The number of aromatic nitrogens is 2. The van der Waals surface area contributed by atoms with Gasteiger partial charge in [0.25, 0.3) is 0 Å². The minimum atomic E-state index is -0.982. The van der Waals surface area contributed by atoms with Crippen molar-refractivity contribution in [2.45, 2.75) is 6.61 Å². The Kier molecular flexibility index (Phi) is 6.10. The highest BCUT2D eigenvalue weighted by Gasteiger charge is 2.10. The second-order valence-corrected chi connectivity index (χ2v) is 7.08. The van der Waals surface area contributed by atoms with Crippen LogP contribution < -0.4 is 10.1 Å². The van der Waals surface area contributed by atoms with Crippen LogP contribution >= 0.6 is 11.6 Å². The fraction of sp³-hybridized carbons (Fsp3) is 0.0417. The molecule has 0 aliphatic heterocycles. The summed E-state index contributed by atoms with van der Waals surface area (Å²) < 4.78 is 5.91. The fourth-order valence-electron chi connectivity index (χ4n) is 2.90. The normalized spacial score (nSPS) is 10.5. The lowest BCUT2D eigenvalue weighted by molar-refractivity contribution is 0.0697. The Labute approximate surface area is 184 Å². The summed E-state index contributed by atoms with van der Waals surface area (Å²) in [6.07, 6.45) is 0. The molecule has 0 saturated carbocycles. The van der Waals surface area contributed by atoms with Crippen LogP contribution in [0.1, 0.15) is 15.9 Å². The van der Waals surface area contributed by atoms with Crippen LogP contribution in [0.25, 0.3) is 11.3 Å². The lowest BCUT2D eigenvalue weighted by Gasteiger charge is -2.12. The SMILES string of the molecule is O=C(O)c1ccc(Nc2nc(OCc3ccccc3Cl)cc(-c3ccccc3)n2)cc1. The van der Waals surface area contributed by atoms with Crippen LogP contribution in [0.15, 0.2) is 84.9 Å². The summed E-state index contributed by atoms with van der Waals surface area (Å²) in [5.41, 5.74) is 3.31. The van der Waals surface area contributed by atoms with E-state index in [9.17, 15) is 4.79 Å². The number of halogens is 1. The average Bonchev–Trinajstić information content (AvgIpc) is 2.79. The molecule has 1 aromatic heterocycles. The average molecular weight is 432 g/mol. The molecular weight excluding hydrogens is 414 g/mol. The number of carboxylic acid groups (broad SMARTS) is 1. The number of rotatable bonds is 7. The zero-order valence-electron chi connectivity index (χ0n) is 16.3. The molecule has 0 aliphatic carbocycles. The first-order valence-corrected chi connectivity index (χ1v) is 9.87. The van der Waals surface area contributed by atoms with Crippen molar-refractivity contribution in [2.75, 3.05) is 5.32 Å². The smallest absolute Gasteiger partial charge is 0.335 e. The van der Waals surface area contributed by atoms with Gasteiger partial charge in [-0.2, -0.15) is 4.98 Å². The van der Waals surface area contributed by atoms with E-state index < -0.39 is 5.97 Å². The molecule has 7 heteroatoms. The first-order valence-electron chi connectivity index (χ1n) is 9.49. The molecular formula is C24H18ClN3O3. The Hall–Kier alpha value is -3.90. The number of benzene rings is 3. The highest BCUT2D eigenvalue weighted by atomic mass is 35.5. The molecule has 0 amide bonds. The van der Waals surface area contributed by atoms with Crippen LogP contribution in [0.5, 0.6) is 5.88 Å². The minimum Gasteiger partial charge on any atom is -0.478 e. The molecule has 0 saturated heterocycles. The van der Waals surface area contributed by atoms with E-state index in [0.29, 0.717) is 28.2 Å². The zero-order valence-corrected chi connectivity index (χ0v) is 17.1. The molecule has 0 radical (unpaired) electrons. The number of nitrogens with one attached hydrogen (secondary N) is 1. The molecule has 2 N–H and O–H groups in total. The molecule has 154 valence electrons. The van der Waals surface area contributed by atoms with E-state index >= 15 is 0 Å². The van der Waals surface area contributed by atoms with Gasteiger partial charge in [-0.1, -0.05) is 60.1 Å². The highest BCUT2D eigenvalue weighted by molar-refractivity contribution is 6.31. The number of hydrogen-bond acceptors (Lipinski definition) is 5. The Bertz CT molecular complexity index is 1200. The van der Waals surface area contributed by atoms with Crippen LogP contribution in [-0.4, -0.2) is 21.0 Å². The second kappa shape index (κ2) is 9.28. The van der Waals surface area contributed by atoms with Crippen molar-refractivity contribution >= 4 is 29.2 Å². The first kappa shape index (κ1) is 20.4. The van der Waals surface area contributed by atoms with Gasteiger partial charge in [0, 0.05) is 27.9 Å². The summed E-state index contributed by atoms with van der Waals surface area (Å²) in [4.78, 5) is 20.1. The predicted octanol–water partition coefficient (Wildman–Crippen LogP) is 5.82. The van der Waals surface area contributed by atoms with Gasteiger partial charge < -0.3 is 15.2 Å². The molecule has 31 heavy (non-hydrogen) atoms. The van der Waals surface area contributed by atoms with Crippen molar-refractivity contribution in [3.63, 3.8) is 0 Å². The number of ether oxygens (including phenoxy) is 1. The van der Waals surface area contributed by atoms with Crippen molar-refractivity contribution in [2.24, 2.45) is 0 Å². The van der Waals surface area contributed by atoms with E-state index in [1.54, 1.807) is 18.2 Å². The summed E-state index contributed by atoms with van der Waals surface area (Å²) in [7, 11) is 0. The summed E-state index contributed by atoms with van der Waals surface area (Å²) in [5, 5.41) is 12.8. The Balaban J connectivity index is 1.63. The molecule has 1 heterocycles. The van der Waals surface area contributed by atoms with Crippen LogP contribution in [0.4, 0.5) is 11.6 Å². The molecule has 4 aromatic rings. The van der Waals surface area contributed by atoms with Crippen LogP contribution in [0.2, 0.25) is 5.02 Å². The number of hydrogen-bond donors (Lipinski definition) is 2. The quantitative estimate of drug-likeness (QED) is 0.383. The Morgan fingerprint density at radius 1 is 0.935 bits per heavy atom. The molecule has 0 fully saturated rings. The van der Waals surface area contributed by atoms with E-state index in [4.69, 9.17) is 21.4 Å². The Morgan fingerprint density at radius 2 is 1.65 bits per heavy atom. The van der Waals surface area contributed by atoms with E-state index in [1.165, 1.54) is 12.1 Å². The molecule has 0 spiro atoms. The predicted molar refractivity (Wildman–Crippen MR) is 120 cm³/mol. The van der Waals surface area contributed by atoms with E-state index in [2.05, 4.69) is 15.3 Å². The molecule has 0 aliphatic rings. The number of anilines is 2. The lowest BCUT2D eigenvalue weighted by atomic mass is 10.1. The van der Waals surface area contributed by atoms with Gasteiger partial charge >= 0.3 is 5.97 Å². The van der Waals surface area contributed by atoms with Crippen molar-refractivity contribution in [3.8, 4) is 17.1 Å². The lowest BCUT2D eigenvalue weighted by Crippen LogP contribution is -2.04. The molecule has 0 bridgehead atoms. The van der Waals surface area contributed by atoms with Crippen LogP contribution in [0, 0.1) is 0 Å². The Morgan fingerprint density at radius 3 is 2.35 bits per heavy atom. The second-order valence-electron chi connectivity index (χ2n) is 6.67. The van der Waals surface area contributed by atoms with Crippen molar-refractivity contribution in [1.29, 1.82) is 0 Å². The zero-order chi connectivity index (χ0) is 21.6. The van der Waals surface area contributed by atoms with Crippen molar-refractivity contribution in [3.05, 3.63) is 101 Å². The van der Waals surface area contributed by atoms with E-state index in [0.717, 1.165) is 11.1 Å². The molecule has 0 unspecified atom stereocenters. The monoisotopic (exact) mass is 431 g/mol. The molecule has 3 aromatic carbocycles. The topological polar surface area (TPSA) is 84.3 Å². The molecule has 0 atom stereocenters. The van der Waals surface area contributed by atoms with Crippen molar-refractivity contribution < 1.29 is 14.6 Å². The minimum absolute atomic E-state index is 0.202. The summed E-state index contributed by atoms with van der Waals surface area (Å²) in [6.45, 7) is 0.262. The van der Waals surface area contributed by atoms with Gasteiger partial charge in [0.15, 0.2) is 0 Å². The van der Waals surface area contributed by atoms with E-state index in [1.807, 2.05) is 54.6 Å². The summed E-state index contributed by atoms with van der Waals surface area (Å²) >= 11 is 6.22. The van der Waals surface area contributed by atoms with Gasteiger partial charge in [-0.3, -0.25) is 0 Å². The van der Waals surface area contributed by atoms with Gasteiger partial charge in [-0.15, -0.1) is 0 Å². The fourth-order valence-corrected chi connectivity index (χ4v) is 3.09. The number of nitrogens with zero attached hydrogens (tertiary/aromatic N) is 2. The van der Waals surface area contributed by atoms with Crippen LogP contribution in [-0.2, 0) is 6.61 Å². The molecule has 4 rings (SSSR count). The van der Waals surface area contributed by atoms with Gasteiger partial charge in [-0.05, 0) is 30.3 Å².